The van der Waals surface area contributed by atoms with E-state index >= 15 is 0 Å². The molecular formula is C3H4NO3-. The van der Waals surface area contributed by atoms with Crippen LogP contribution in [-0.2, 0) is 9.59 Å². The van der Waals surface area contributed by atoms with Crippen molar-refractivity contribution >= 4 is 11.7 Å². The highest BCUT2D eigenvalue weighted by atomic mass is 16.5. The number of nitrogens with one attached hydrogen (secondary N) is 1. The third kappa shape index (κ3) is 1.88. The van der Waals surface area contributed by atoms with Gasteiger partial charge in [-0.1, -0.05) is 0 Å². The number of hydrogen-bond donors (Lipinski definition) is 1. The number of amides is 1. The van der Waals surface area contributed by atoms with Crippen molar-refractivity contribution in [2.24, 2.45) is 0 Å². The van der Waals surface area contributed by atoms with E-state index in [9.17, 15) is 14.8 Å². The summed E-state index contributed by atoms with van der Waals surface area (Å²) in [7, 11) is 0. The van der Waals surface area contributed by atoms with Crippen LogP contribution in [0.5, 0.6) is 0 Å². The monoisotopic (exact) mass is 102 g/mol. The number of Topliss-reactive ketones (excluding diaryl/α,β-unsaturated/α-hetero) is 1. The lowest BCUT2D eigenvalue weighted by Gasteiger charge is -2.00. The molecule has 7 heavy (non-hydrogen) atoms. The molecule has 0 aromatic heterocycles. The highest BCUT2D eigenvalue weighted by Crippen LogP contribution is 1.63. The summed E-state index contributed by atoms with van der Waals surface area (Å²) >= 11 is 0. The number of hydrogen-bond acceptors (Lipinski definition) is 3. The molecular weight excluding hydrogens is 98.0 g/mol. The molecule has 0 aliphatic rings. The molecule has 0 atom stereocenters. The molecule has 4 heteroatoms. The van der Waals surface area contributed by atoms with Crippen molar-refractivity contribution in [3.63, 3.8) is 0 Å². The van der Waals surface area contributed by atoms with Gasteiger partial charge in [0.2, 0.25) is 5.78 Å². The van der Waals surface area contributed by atoms with Gasteiger partial charge >= 0.3 is 0 Å². The Labute approximate surface area is 40.1 Å². The number of carbonyl (C=O) groups excluding carboxylic acids is 2. The van der Waals surface area contributed by atoms with Crippen LogP contribution in [0.15, 0.2) is 0 Å². The van der Waals surface area contributed by atoms with Crippen molar-refractivity contribution in [1.82, 2.24) is 5.48 Å². The van der Waals surface area contributed by atoms with Crippen molar-refractivity contribution in [1.29, 1.82) is 0 Å². The second-order valence-electron chi connectivity index (χ2n) is 0.987. The van der Waals surface area contributed by atoms with Crippen molar-refractivity contribution in [3.8, 4) is 0 Å². The lowest BCUT2D eigenvalue weighted by Crippen LogP contribution is -2.23. The van der Waals surface area contributed by atoms with Crippen molar-refractivity contribution in [2.45, 2.75) is 6.92 Å². The molecule has 0 bridgehead atoms. The second-order valence-corrected chi connectivity index (χ2v) is 0.987. The van der Waals surface area contributed by atoms with Crippen LogP contribution in [0, 0.1) is 5.21 Å². The van der Waals surface area contributed by atoms with Crippen LogP contribution in [0.4, 0.5) is 0 Å². The average Bonchev–Trinajstić information content (AvgIpc) is 1.65. The summed E-state index contributed by atoms with van der Waals surface area (Å²) in [6.45, 7) is 1.02. The van der Waals surface area contributed by atoms with Gasteiger partial charge in [-0.2, -0.15) is 0 Å². The minimum atomic E-state index is -1.10. The van der Waals surface area contributed by atoms with E-state index in [0.717, 1.165) is 12.4 Å². The van der Waals surface area contributed by atoms with E-state index in [1.165, 1.54) is 0 Å². The highest BCUT2D eigenvalue weighted by molar-refractivity contribution is 6.35. The number of rotatable bonds is 1. The molecule has 1 amide bonds. The van der Waals surface area contributed by atoms with E-state index in [2.05, 4.69) is 0 Å². The minimum Gasteiger partial charge on any atom is -0.759 e. The molecule has 1 N–H and O–H groups in total. The molecule has 0 aromatic rings. The maximum absolute atomic E-state index is 9.76. The first-order valence-electron chi connectivity index (χ1n) is 1.61. The smallest absolute Gasteiger partial charge is 0.276 e. The summed E-state index contributed by atoms with van der Waals surface area (Å²) < 4.78 is 0. The van der Waals surface area contributed by atoms with E-state index in [0.29, 0.717) is 0 Å². The Morgan fingerprint density at radius 2 is 2.00 bits per heavy atom. The Hall–Kier alpha value is -0.900. The van der Waals surface area contributed by atoms with Crippen LogP contribution in [-0.4, -0.2) is 11.7 Å². The van der Waals surface area contributed by atoms with Crippen LogP contribution >= 0.6 is 0 Å². The van der Waals surface area contributed by atoms with Crippen LogP contribution in [0.25, 0.3) is 0 Å². The molecule has 40 valence electrons. The predicted molar refractivity (Wildman–Crippen MR) is 22.2 cm³/mol. The van der Waals surface area contributed by atoms with E-state index in [-0.39, 0.29) is 0 Å². The second kappa shape index (κ2) is 2.30. The maximum atomic E-state index is 9.76. The molecule has 0 rings (SSSR count). The van der Waals surface area contributed by atoms with Gasteiger partial charge in [-0.25, -0.2) is 0 Å². The Morgan fingerprint density at radius 1 is 1.57 bits per heavy atom. The van der Waals surface area contributed by atoms with Gasteiger partial charge in [0.05, 0.1) is 0 Å². The van der Waals surface area contributed by atoms with E-state index in [1.807, 2.05) is 0 Å². The number of carbonyl (C=O) groups is 2. The summed E-state index contributed by atoms with van der Waals surface area (Å²) in [6.07, 6.45) is 0. The zero-order chi connectivity index (χ0) is 5.86. The molecule has 0 heterocycles. The quantitative estimate of drug-likeness (QED) is 0.347. The lowest BCUT2D eigenvalue weighted by molar-refractivity contribution is -0.136. The normalized spacial score (nSPS) is 7.71. The first-order chi connectivity index (χ1) is 3.18. The van der Waals surface area contributed by atoms with E-state index < -0.39 is 11.7 Å². The fourth-order valence-electron chi connectivity index (χ4n) is 0.0719. The van der Waals surface area contributed by atoms with Gasteiger partial charge in [-0.15, -0.1) is 0 Å². The summed E-state index contributed by atoms with van der Waals surface area (Å²) in [4.78, 5) is 19.5. The van der Waals surface area contributed by atoms with Gasteiger partial charge in [0.15, 0.2) is 0 Å². The molecule has 0 saturated carbocycles. The van der Waals surface area contributed by atoms with Gasteiger partial charge in [0.1, 0.15) is 0 Å². The molecule has 0 saturated heterocycles. The van der Waals surface area contributed by atoms with E-state index in [4.69, 9.17) is 0 Å². The average molecular weight is 102 g/mol. The van der Waals surface area contributed by atoms with Crippen LogP contribution in [0.3, 0.4) is 0 Å². The maximum Gasteiger partial charge on any atom is 0.276 e. The van der Waals surface area contributed by atoms with Crippen LogP contribution in [0.1, 0.15) is 6.92 Å². The van der Waals surface area contributed by atoms with Gasteiger partial charge in [-0.3, -0.25) is 9.59 Å². The molecule has 0 aliphatic carbocycles. The predicted octanol–water partition coefficient (Wildman–Crippen LogP) is -0.811. The molecule has 0 aromatic carbocycles. The fraction of sp³-hybridized carbons (Fsp3) is 0.333. The Bertz CT molecular complexity index is 98.4. The molecule has 0 unspecified atom stereocenters. The molecule has 4 nitrogen and oxygen atoms in total. The van der Waals surface area contributed by atoms with Gasteiger partial charge in [0, 0.05) is 6.92 Å². The topological polar surface area (TPSA) is 69.2 Å². The Morgan fingerprint density at radius 3 is 2.00 bits per heavy atom. The van der Waals surface area contributed by atoms with Crippen LogP contribution < -0.4 is 5.48 Å². The summed E-state index contributed by atoms with van der Waals surface area (Å²) in [6, 6.07) is 0. The van der Waals surface area contributed by atoms with Gasteiger partial charge in [0.25, 0.3) is 5.91 Å². The third-order valence-corrected chi connectivity index (χ3v) is 0.412. The molecule has 0 radical (unpaired) electrons. The lowest BCUT2D eigenvalue weighted by atomic mass is 10.4. The first kappa shape index (κ1) is 6.10. The first-order valence-corrected chi connectivity index (χ1v) is 1.61. The number of ketones is 1. The summed E-state index contributed by atoms with van der Waals surface area (Å²) in [5.41, 5.74) is 0.926. The van der Waals surface area contributed by atoms with Crippen molar-refractivity contribution in [2.75, 3.05) is 0 Å². The Balaban J connectivity index is 3.58. The van der Waals surface area contributed by atoms with Crippen LogP contribution in [0.2, 0.25) is 0 Å². The number of hydroxylamine groups is 1. The van der Waals surface area contributed by atoms with Gasteiger partial charge in [-0.05, 0) is 0 Å². The molecule has 0 spiro atoms. The molecule has 0 aliphatic heterocycles. The zero-order valence-corrected chi connectivity index (χ0v) is 3.72. The summed E-state index contributed by atoms with van der Waals surface area (Å²) in [5.74, 6) is -1.87. The summed E-state index contributed by atoms with van der Waals surface area (Å²) in [5, 5.41) is 9.25. The van der Waals surface area contributed by atoms with E-state index in [1.54, 1.807) is 0 Å². The zero-order valence-electron chi connectivity index (χ0n) is 3.72. The minimum absolute atomic E-state index is 0.769. The molecule has 0 fully saturated rings. The standard InChI is InChI=1S/C3H4NO3/c1-2(5)3(6)4-7/h1H3,(H-,4,5,6,7)/q-1. The highest BCUT2D eigenvalue weighted by Gasteiger charge is 1.97. The van der Waals surface area contributed by atoms with Gasteiger partial charge < -0.3 is 10.7 Å². The van der Waals surface area contributed by atoms with Crippen molar-refractivity contribution < 1.29 is 9.59 Å². The Kier molecular flexibility index (Phi) is 2.01. The third-order valence-electron chi connectivity index (χ3n) is 0.412. The fourth-order valence-corrected chi connectivity index (χ4v) is 0.0719. The largest absolute Gasteiger partial charge is 0.759 e. The van der Waals surface area contributed by atoms with Crippen molar-refractivity contribution in [3.05, 3.63) is 5.21 Å². The SMILES string of the molecule is CC(=O)C(=O)N[O-].